The molecule has 0 saturated heterocycles. The molecule has 3 aromatic carbocycles. The first-order valence-electron chi connectivity index (χ1n) is 9.02. The number of hydrogen-bond donors (Lipinski definition) is 1. The number of nitrogens with one attached hydrogen (secondary N) is 1. The molecule has 3 nitrogen and oxygen atoms in total. The summed E-state index contributed by atoms with van der Waals surface area (Å²) in [5.41, 5.74) is 2.06. The maximum Gasteiger partial charge on any atom is 0.240 e. The third-order valence-corrected chi connectivity index (χ3v) is 7.06. The van der Waals surface area contributed by atoms with Gasteiger partial charge in [0.2, 0.25) is 10.0 Å². The van der Waals surface area contributed by atoms with Gasteiger partial charge in [0.15, 0.2) is 0 Å². The molecule has 0 radical (unpaired) electrons. The monoisotopic (exact) mass is 467 g/mol. The molecular weight excluding hydrogens is 449 g/mol. The summed E-state index contributed by atoms with van der Waals surface area (Å²) >= 11 is 18.0. The van der Waals surface area contributed by atoms with E-state index in [1.54, 1.807) is 12.1 Å². The first-order valence-corrected chi connectivity index (χ1v) is 11.6. The molecule has 0 heterocycles. The highest BCUT2D eigenvalue weighted by Gasteiger charge is 2.24. The Morgan fingerprint density at radius 1 is 0.793 bits per heavy atom. The van der Waals surface area contributed by atoms with Crippen LogP contribution in [0.25, 0.3) is 0 Å². The van der Waals surface area contributed by atoms with Gasteiger partial charge in [-0.15, -0.1) is 0 Å². The molecule has 0 saturated carbocycles. The number of hydrogen-bond acceptors (Lipinski definition) is 2. The minimum atomic E-state index is -3.70. The Labute approximate surface area is 186 Å². The van der Waals surface area contributed by atoms with Crippen LogP contribution in [0.1, 0.15) is 29.9 Å². The summed E-state index contributed by atoms with van der Waals surface area (Å²) in [5, 5.41) is 1.66. The van der Waals surface area contributed by atoms with Crippen LogP contribution in [0.5, 0.6) is 0 Å². The molecule has 0 aliphatic heterocycles. The van der Waals surface area contributed by atoms with Gasteiger partial charge in [-0.3, -0.25) is 0 Å². The van der Waals surface area contributed by atoms with Crippen LogP contribution in [-0.4, -0.2) is 15.0 Å². The minimum Gasteiger partial charge on any atom is -0.211 e. The zero-order chi connectivity index (χ0) is 21.0. The minimum absolute atomic E-state index is 0.0375. The van der Waals surface area contributed by atoms with Crippen molar-refractivity contribution in [3.8, 4) is 0 Å². The zero-order valence-corrected chi connectivity index (χ0v) is 18.7. The Balaban J connectivity index is 1.89. The number of rotatable bonds is 7. The molecule has 0 aliphatic rings. The van der Waals surface area contributed by atoms with Crippen molar-refractivity contribution in [3.05, 3.63) is 99.0 Å². The number of halogens is 3. The third kappa shape index (κ3) is 5.74. The van der Waals surface area contributed by atoms with Gasteiger partial charge in [-0.25, -0.2) is 13.1 Å². The standard InChI is InChI=1S/C22H20Cl3NO2S/c1-15(16-5-9-18(23)10-6-16)22(17-7-11-19(24)12-8-17)14-26-29(27,28)21-4-2-3-20(25)13-21/h2-13,15,22,26H,14H2,1H3. The Hall–Kier alpha value is -1.56. The lowest BCUT2D eigenvalue weighted by molar-refractivity contribution is 0.539. The van der Waals surface area contributed by atoms with Gasteiger partial charge in [0, 0.05) is 27.5 Å². The molecule has 3 aromatic rings. The van der Waals surface area contributed by atoms with E-state index >= 15 is 0 Å². The van der Waals surface area contributed by atoms with Crippen LogP contribution >= 0.6 is 34.8 Å². The first kappa shape index (κ1) is 22.1. The van der Waals surface area contributed by atoms with Gasteiger partial charge in [0.25, 0.3) is 0 Å². The molecule has 3 rings (SSSR count). The van der Waals surface area contributed by atoms with Crippen molar-refractivity contribution in [1.82, 2.24) is 4.72 Å². The molecule has 0 spiro atoms. The van der Waals surface area contributed by atoms with Crippen molar-refractivity contribution in [2.75, 3.05) is 6.54 Å². The van der Waals surface area contributed by atoms with Gasteiger partial charge in [0.1, 0.15) is 0 Å². The summed E-state index contributed by atoms with van der Waals surface area (Å²) in [7, 11) is -3.70. The quantitative estimate of drug-likeness (QED) is 0.429. The van der Waals surface area contributed by atoms with E-state index in [4.69, 9.17) is 34.8 Å². The van der Waals surface area contributed by atoms with Crippen LogP contribution in [0.4, 0.5) is 0 Å². The highest BCUT2D eigenvalue weighted by molar-refractivity contribution is 7.89. The molecule has 0 aliphatic carbocycles. The number of sulfonamides is 1. The SMILES string of the molecule is CC(c1ccc(Cl)cc1)C(CNS(=O)(=O)c1cccc(Cl)c1)c1ccc(Cl)cc1. The van der Waals surface area contributed by atoms with Crippen LogP contribution in [0.15, 0.2) is 77.7 Å². The molecule has 1 N–H and O–H groups in total. The topological polar surface area (TPSA) is 46.2 Å². The van der Waals surface area contributed by atoms with Gasteiger partial charge in [0.05, 0.1) is 4.90 Å². The van der Waals surface area contributed by atoms with E-state index in [1.807, 2.05) is 48.5 Å². The summed E-state index contributed by atoms with van der Waals surface area (Å²) in [6.07, 6.45) is 0. The fourth-order valence-corrected chi connectivity index (χ4v) is 4.82. The lowest BCUT2D eigenvalue weighted by Crippen LogP contribution is -2.30. The molecule has 29 heavy (non-hydrogen) atoms. The van der Waals surface area contributed by atoms with E-state index in [0.717, 1.165) is 11.1 Å². The second-order valence-corrected chi connectivity index (χ2v) is 9.88. The largest absolute Gasteiger partial charge is 0.240 e. The summed E-state index contributed by atoms with van der Waals surface area (Å²) in [5.74, 6) is -0.0714. The normalized spacial score (nSPS) is 13.8. The van der Waals surface area contributed by atoms with Crippen LogP contribution in [0, 0.1) is 0 Å². The van der Waals surface area contributed by atoms with Gasteiger partial charge < -0.3 is 0 Å². The highest BCUT2D eigenvalue weighted by atomic mass is 35.5. The van der Waals surface area contributed by atoms with Crippen molar-refractivity contribution < 1.29 is 8.42 Å². The average molecular weight is 469 g/mol. The average Bonchev–Trinajstić information content (AvgIpc) is 2.70. The molecule has 7 heteroatoms. The summed E-state index contributed by atoms with van der Waals surface area (Å²) in [4.78, 5) is 0.138. The predicted octanol–water partition coefficient (Wildman–Crippen LogP) is 6.51. The van der Waals surface area contributed by atoms with Crippen LogP contribution in [0.2, 0.25) is 15.1 Å². The van der Waals surface area contributed by atoms with Gasteiger partial charge in [-0.2, -0.15) is 0 Å². The van der Waals surface area contributed by atoms with E-state index in [2.05, 4.69) is 11.6 Å². The Bertz CT molecular complexity index is 1070. The lowest BCUT2D eigenvalue weighted by atomic mass is 9.83. The molecule has 152 valence electrons. The smallest absolute Gasteiger partial charge is 0.211 e. The Morgan fingerprint density at radius 2 is 1.34 bits per heavy atom. The Kier molecular flexibility index (Phi) is 7.25. The van der Waals surface area contributed by atoms with E-state index < -0.39 is 10.0 Å². The van der Waals surface area contributed by atoms with Gasteiger partial charge in [-0.05, 0) is 59.5 Å². The molecule has 0 amide bonds. The predicted molar refractivity (Wildman–Crippen MR) is 121 cm³/mol. The molecule has 0 fully saturated rings. The van der Waals surface area contributed by atoms with Crippen molar-refractivity contribution >= 4 is 44.8 Å². The molecular formula is C22H20Cl3NO2S. The van der Waals surface area contributed by atoms with Crippen molar-refractivity contribution in [2.45, 2.75) is 23.7 Å². The maximum atomic E-state index is 12.8. The van der Waals surface area contributed by atoms with Gasteiger partial charge >= 0.3 is 0 Å². The second kappa shape index (κ2) is 9.50. The van der Waals surface area contributed by atoms with E-state index in [-0.39, 0.29) is 23.3 Å². The zero-order valence-electron chi connectivity index (χ0n) is 15.6. The fraction of sp³-hybridized carbons (Fsp3) is 0.182. The van der Waals surface area contributed by atoms with E-state index in [1.165, 1.54) is 12.1 Å². The van der Waals surface area contributed by atoms with Crippen molar-refractivity contribution in [2.24, 2.45) is 0 Å². The molecule has 2 unspecified atom stereocenters. The van der Waals surface area contributed by atoms with Crippen LogP contribution < -0.4 is 4.72 Å². The fourth-order valence-electron chi connectivity index (χ4n) is 3.21. The molecule has 0 aromatic heterocycles. The van der Waals surface area contributed by atoms with Crippen molar-refractivity contribution in [3.63, 3.8) is 0 Å². The van der Waals surface area contributed by atoms with Crippen molar-refractivity contribution in [1.29, 1.82) is 0 Å². The van der Waals surface area contributed by atoms with Gasteiger partial charge in [-0.1, -0.05) is 72.1 Å². The summed E-state index contributed by atoms with van der Waals surface area (Å²) in [6, 6.07) is 21.3. The second-order valence-electron chi connectivity index (χ2n) is 6.81. The van der Waals surface area contributed by atoms with E-state index in [0.29, 0.717) is 15.1 Å². The van der Waals surface area contributed by atoms with E-state index in [9.17, 15) is 8.42 Å². The summed E-state index contributed by atoms with van der Waals surface area (Å²) in [6.45, 7) is 2.29. The highest BCUT2D eigenvalue weighted by Crippen LogP contribution is 2.34. The summed E-state index contributed by atoms with van der Waals surface area (Å²) < 4.78 is 28.3. The van der Waals surface area contributed by atoms with Crippen LogP contribution in [-0.2, 0) is 10.0 Å². The molecule has 0 bridgehead atoms. The van der Waals surface area contributed by atoms with Crippen LogP contribution in [0.3, 0.4) is 0 Å². The third-order valence-electron chi connectivity index (χ3n) is 4.90. The Morgan fingerprint density at radius 3 is 1.90 bits per heavy atom. The maximum absolute atomic E-state index is 12.8. The first-order chi connectivity index (χ1) is 13.8. The molecule has 2 atom stereocenters. The lowest BCUT2D eigenvalue weighted by Gasteiger charge is -2.25. The number of benzene rings is 3.